The van der Waals surface area contributed by atoms with Gasteiger partial charge in [0.05, 0.1) is 12.1 Å². The van der Waals surface area contributed by atoms with Gasteiger partial charge in [-0.2, -0.15) is 0 Å². The minimum atomic E-state index is 0. The molecule has 1 saturated carbocycles. The highest BCUT2D eigenvalue weighted by molar-refractivity contribution is 6.30. The number of carbonyl (C=O) groups is 1. The van der Waals surface area contributed by atoms with E-state index < -0.39 is 0 Å². The quantitative estimate of drug-likeness (QED) is 0.642. The van der Waals surface area contributed by atoms with Crippen LogP contribution in [0.4, 0.5) is 0 Å². The molecule has 142 valence electrons. The number of fused-ring (bicyclic) bond motifs is 1. The summed E-state index contributed by atoms with van der Waals surface area (Å²) in [7, 11) is 0. The van der Waals surface area contributed by atoms with E-state index in [0.717, 1.165) is 24.4 Å². The van der Waals surface area contributed by atoms with Crippen molar-refractivity contribution in [3.05, 3.63) is 70.2 Å². The zero-order chi connectivity index (χ0) is 18.1. The van der Waals surface area contributed by atoms with Crippen LogP contribution in [0.5, 0.6) is 0 Å². The van der Waals surface area contributed by atoms with E-state index >= 15 is 0 Å². The third kappa shape index (κ3) is 3.76. The summed E-state index contributed by atoms with van der Waals surface area (Å²) < 4.78 is 0. The maximum absolute atomic E-state index is 13.1. The number of carbonyl (C=O) groups excluding carboxylic acids is 1. The lowest BCUT2D eigenvalue weighted by Gasteiger charge is -2.32. The molecule has 0 bridgehead atoms. The van der Waals surface area contributed by atoms with Crippen LogP contribution in [0, 0.1) is 0 Å². The number of halogens is 2. The summed E-state index contributed by atoms with van der Waals surface area (Å²) in [6.07, 6.45) is 4.86. The molecule has 0 spiro atoms. The van der Waals surface area contributed by atoms with Crippen molar-refractivity contribution in [2.75, 3.05) is 6.54 Å². The van der Waals surface area contributed by atoms with Gasteiger partial charge in [0.1, 0.15) is 5.84 Å². The summed E-state index contributed by atoms with van der Waals surface area (Å²) in [6, 6.07) is 15.8. The zero-order valence-electron chi connectivity index (χ0n) is 15.4. The molecule has 2 aliphatic rings. The first-order valence-corrected chi connectivity index (χ1v) is 9.81. The Kier molecular flexibility index (Phi) is 6.23. The standard InChI is InChI=1S/C22H23ClN2O.ClH/c1-2-25-20-10-6-5-9-19(20)24-22(25)18-8-4-3-7-17(18)21(26)15-11-13-16(23)14-12-15;/h3-4,7-8,11-14,19-20H,2,5-6,9-10H2,1H3;1H. The third-order valence-electron chi connectivity index (χ3n) is 5.51. The molecule has 2 aromatic rings. The normalized spacial score (nSPS) is 21.3. The molecule has 0 aromatic heterocycles. The van der Waals surface area contributed by atoms with Gasteiger partial charge in [-0.15, -0.1) is 12.4 Å². The van der Waals surface area contributed by atoms with E-state index in [0.29, 0.717) is 28.2 Å². The van der Waals surface area contributed by atoms with Crippen LogP contribution in [0.3, 0.4) is 0 Å². The van der Waals surface area contributed by atoms with E-state index in [4.69, 9.17) is 16.6 Å². The van der Waals surface area contributed by atoms with Gasteiger partial charge >= 0.3 is 0 Å². The Hall–Kier alpha value is -1.84. The van der Waals surface area contributed by atoms with Crippen molar-refractivity contribution in [3.8, 4) is 0 Å². The minimum Gasteiger partial charge on any atom is -0.352 e. The third-order valence-corrected chi connectivity index (χ3v) is 5.77. The first-order valence-electron chi connectivity index (χ1n) is 9.43. The number of ketones is 1. The summed E-state index contributed by atoms with van der Waals surface area (Å²) in [5.41, 5.74) is 2.32. The Morgan fingerprint density at radius 2 is 1.81 bits per heavy atom. The number of nitrogens with zero attached hydrogens (tertiary/aromatic N) is 2. The second-order valence-electron chi connectivity index (χ2n) is 7.04. The van der Waals surface area contributed by atoms with E-state index in [1.165, 1.54) is 19.3 Å². The molecule has 0 amide bonds. The Morgan fingerprint density at radius 1 is 1.11 bits per heavy atom. The van der Waals surface area contributed by atoms with Gasteiger partial charge < -0.3 is 4.90 Å². The van der Waals surface area contributed by atoms with E-state index in [9.17, 15) is 4.79 Å². The predicted octanol–water partition coefficient (Wildman–Crippen LogP) is 5.39. The Labute approximate surface area is 171 Å². The van der Waals surface area contributed by atoms with Crippen molar-refractivity contribution >= 4 is 35.6 Å². The molecule has 1 fully saturated rings. The summed E-state index contributed by atoms with van der Waals surface area (Å²) in [5.74, 6) is 1.01. The fraction of sp³-hybridized carbons (Fsp3) is 0.364. The van der Waals surface area contributed by atoms with E-state index in [1.807, 2.05) is 24.3 Å². The first kappa shape index (κ1) is 19.9. The van der Waals surface area contributed by atoms with E-state index in [-0.39, 0.29) is 18.2 Å². The summed E-state index contributed by atoms with van der Waals surface area (Å²) in [6.45, 7) is 3.10. The number of aliphatic imine (C=N–C) groups is 1. The highest BCUT2D eigenvalue weighted by Gasteiger charge is 2.38. The molecule has 3 nitrogen and oxygen atoms in total. The molecule has 2 unspecified atom stereocenters. The van der Waals surface area contributed by atoms with Crippen molar-refractivity contribution in [1.82, 2.24) is 4.90 Å². The Balaban J connectivity index is 0.00000210. The maximum atomic E-state index is 13.1. The largest absolute Gasteiger partial charge is 0.352 e. The van der Waals surface area contributed by atoms with Crippen molar-refractivity contribution in [3.63, 3.8) is 0 Å². The first-order chi connectivity index (χ1) is 12.7. The fourth-order valence-electron chi connectivity index (χ4n) is 4.24. The zero-order valence-corrected chi connectivity index (χ0v) is 17.0. The second kappa shape index (κ2) is 8.45. The molecule has 1 aliphatic carbocycles. The fourth-order valence-corrected chi connectivity index (χ4v) is 4.36. The Morgan fingerprint density at radius 3 is 2.56 bits per heavy atom. The van der Waals surface area contributed by atoms with Crippen LogP contribution in [0.1, 0.15) is 54.1 Å². The SMILES string of the molecule is CCN1C(c2ccccc2C(=O)c2ccc(Cl)cc2)=NC2CCCCC21.Cl. The molecule has 4 rings (SSSR count). The molecule has 5 heteroatoms. The molecule has 2 aromatic carbocycles. The lowest BCUT2D eigenvalue weighted by atomic mass is 9.90. The number of rotatable bonds is 4. The van der Waals surface area contributed by atoms with Gasteiger partial charge in [0.25, 0.3) is 0 Å². The van der Waals surface area contributed by atoms with Crippen LogP contribution >= 0.6 is 24.0 Å². The summed E-state index contributed by atoms with van der Waals surface area (Å²) in [5, 5.41) is 0.635. The van der Waals surface area contributed by atoms with Crippen molar-refractivity contribution in [1.29, 1.82) is 0 Å². The van der Waals surface area contributed by atoms with E-state index in [1.54, 1.807) is 24.3 Å². The van der Waals surface area contributed by atoms with Crippen molar-refractivity contribution in [2.24, 2.45) is 4.99 Å². The van der Waals surface area contributed by atoms with Gasteiger partial charge in [0, 0.05) is 28.3 Å². The predicted molar refractivity (Wildman–Crippen MR) is 114 cm³/mol. The number of amidine groups is 1. The molecule has 1 aliphatic heterocycles. The maximum Gasteiger partial charge on any atom is 0.193 e. The van der Waals surface area contributed by atoms with Gasteiger partial charge in [-0.25, -0.2) is 0 Å². The van der Waals surface area contributed by atoms with Gasteiger partial charge in [-0.3, -0.25) is 9.79 Å². The van der Waals surface area contributed by atoms with Crippen molar-refractivity contribution in [2.45, 2.75) is 44.7 Å². The molecule has 2 atom stereocenters. The van der Waals surface area contributed by atoms with Gasteiger partial charge in [-0.05, 0) is 44.0 Å². The second-order valence-corrected chi connectivity index (χ2v) is 7.48. The average Bonchev–Trinajstić information content (AvgIpc) is 3.06. The molecular formula is C22H24Cl2N2O. The van der Waals surface area contributed by atoms with Crippen LogP contribution in [-0.4, -0.2) is 35.1 Å². The molecule has 27 heavy (non-hydrogen) atoms. The van der Waals surface area contributed by atoms with E-state index in [2.05, 4.69) is 11.8 Å². The van der Waals surface area contributed by atoms with Gasteiger partial charge in [0.2, 0.25) is 0 Å². The van der Waals surface area contributed by atoms with Gasteiger partial charge in [0.15, 0.2) is 5.78 Å². The monoisotopic (exact) mass is 402 g/mol. The van der Waals surface area contributed by atoms with Crippen LogP contribution in [0.2, 0.25) is 5.02 Å². The highest BCUT2D eigenvalue weighted by Crippen LogP contribution is 2.33. The van der Waals surface area contributed by atoms with Gasteiger partial charge in [-0.1, -0.05) is 48.7 Å². The van der Waals surface area contributed by atoms with Crippen LogP contribution in [-0.2, 0) is 0 Å². The number of benzene rings is 2. The number of likely N-dealkylation sites (N-methyl/N-ethyl adjacent to an activating group) is 1. The van der Waals surface area contributed by atoms with Crippen LogP contribution in [0.15, 0.2) is 53.5 Å². The highest BCUT2D eigenvalue weighted by atomic mass is 35.5. The lowest BCUT2D eigenvalue weighted by molar-refractivity contribution is 0.103. The smallest absolute Gasteiger partial charge is 0.193 e. The lowest BCUT2D eigenvalue weighted by Crippen LogP contribution is -2.41. The van der Waals surface area contributed by atoms with Crippen molar-refractivity contribution < 1.29 is 4.79 Å². The minimum absolute atomic E-state index is 0. The van der Waals surface area contributed by atoms with Crippen LogP contribution < -0.4 is 0 Å². The molecule has 0 N–H and O–H groups in total. The van der Waals surface area contributed by atoms with Crippen LogP contribution in [0.25, 0.3) is 0 Å². The molecule has 0 radical (unpaired) electrons. The number of hydrogen-bond donors (Lipinski definition) is 0. The topological polar surface area (TPSA) is 32.7 Å². The number of hydrogen-bond acceptors (Lipinski definition) is 3. The molecular weight excluding hydrogens is 379 g/mol. The average molecular weight is 403 g/mol. The molecule has 1 heterocycles. The summed E-state index contributed by atoms with van der Waals surface area (Å²) in [4.78, 5) is 20.6. The Bertz CT molecular complexity index is 848. The summed E-state index contributed by atoms with van der Waals surface area (Å²) >= 11 is 5.97. The molecule has 0 saturated heterocycles.